The average Bonchev–Trinajstić information content (AvgIpc) is 2.61. The highest BCUT2D eigenvalue weighted by molar-refractivity contribution is 14.0. The Morgan fingerprint density at radius 3 is 2.36 bits per heavy atom. The van der Waals surface area contributed by atoms with Crippen molar-refractivity contribution in [2.24, 2.45) is 0 Å². The van der Waals surface area contributed by atoms with Crippen LogP contribution in [-0.2, 0) is 0 Å². The van der Waals surface area contributed by atoms with E-state index in [1.165, 1.54) is 0 Å². The Balaban J connectivity index is 0.00000288. The van der Waals surface area contributed by atoms with E-state index < -0.39 is 0 Å². The van der Waals surface area contributed by atoms with Gasteiger partial charge in [0.15, 0.2) is 0 Å². The lowest BCUT2D eigenvalue weighted by atomic mass is 10.1. The second kappa shape index (κ2) is 12.7. The topological polar surface area (TPSA) is 46.6 Å². The lowest BCUT2D eigenvalue weighted by molar-refractivity contribution is 0.303. The van der Waals surface area contributed by atoms with Crippen LogP contribution in [0.3, 0.4) is 0 Å². The molecule has 0 radical (unpaired) electrons. The summed E-state index contributed by atoms with van der Waals surface area (Å²) in [4.78, 5) is 6.99. The summed E-state index contributed by atoms with van der Waals surface area (Å²) in [5, 5.41) is 4.53. The van der Waals surface area contributed by atoms with Gasteiger partial charge in [0.1, 0.15) is 5.75 Å². The Labute approximate surface area is 184 Å². The number of ether oxygens (including phenoxy) is 2. The first-order valence-corrected chi connectivity index (χ1v) is 8.20. The van der Waals surface area contributed by atoms with E-state index in [0.717, 1.165) is 54.9 Å². The number of anilines is 1. The number of rotatable bonds is 9. The number of pyridine rings is 1. The third kappa shape index (κ3) is 6.93. The van der Waals surface area contributed by atoms with Crippen LogP contribution >= 0.6 is 48.0 Å². The molecule has 0 amide bonds. The monoisotopic (exact) mass is 573 g/mol. The lowest BCUT2D eigenvalue weighted by Crippen LogP contribution is -2.25. The van der Waals surface area contributed by atoms with Crippen LogP contribution in [0.15, 0.2) is 24.3 Å². The third-order valence-electron chi connectivity index (χ3n) is 4.05. The predicted octanol–water partition coefficient (Wildman–Crippen LogP) is 4.63. The molecular weight excluding hydrogens is 544 g/mol. The molecule has 0 spiro atoms. The van der Waals surface area contributed by atoms with Crippen molar-refractivity contribution in [1.82, 2.24) is 9.88 Å². The highest BCUT2D eigenvalue weighted by Crippen LogP contribution is 2.29. The highest BCUT2D eigenvalue weighted by atomic mass is 127. The van der Waals surface area contributed by atoms with Crippen LogP contribution in [0, 0.1) is 0 Å². The highest BCUT2D eigenvalue weighted by Gasteiger charge is 2.08. The molecule has 0 aliphatic carbocycles. The Hall–Kier alpha value is -0.550. The van der Waals surface area contributed by atoms with E-state index in [-0.39, 0.29) is 48.0 Å². The minimum absolute atomic E-state index is 0. The average molecular weight is 573 g/mol. The molecule has 0 unspecified atom stereocenters. The Kier molecular flexibility index (Phi) is 12.5. The Morgan fingerprint density at radius 1 is 1.04 bits per heavy atom. The molecule has 0 fully saturated rings. The molecule has 0 atom stereocenters. The molecular formula is C18H29I2N3O2. The van der Waals surface area contributed by atoms with Gasteiger partial charge in [0, 0.05) is 24.1 Å². The first-order valence-electron chi connectivity index (χ1n) is 8.20. The number of benzene rings is 1. The fraction of sp³-hybridized carbons (Fsp3) is 0.500. The molecule has 0 saturated carbocycles. The summed E-state index contributed by atoms with van der Waals surface area (Å²) in [5.41, 5.74) is 1.89. The SMILES string of the molecule is CCN(CC)CCCNc1cc(OC)cc2ccc(OC)nc12.I.I. The standard InChI is InChI=1S/C18H27N3O2.2HI/c1-5-21(6-2)11-7-10-19-16-13-15(22-3)12-14-8-9-17(23-4)20-18(14)16;;/h8-9,12-13,19H,5-7,10-11H2,1-4H3;2*1H. The largest absolute Gasteiger partial charge is 0.497 e. The van der Waals surface area contributed by atoms with E-state index in [4.69, 9.17) is 9.47 Å². The van der Waals surface area contributed by atoms with Gasteiger partial charge in [-0.25, -0.2) is 4.98 Å². The second-order valence-electron chi connectivity index (χ2n) is 5.41. The van der Waals surface area contributed by atoms with E-state index in [9.17, 15) is 0 Å². The molecule has 0 aliphatic heterocycles. The van der Waals surface area contributed by atoms with Gasteiger partial charge in [0.2, 0.25) is 5.88 Å². The van der Waals surface area contributed by atoms with Crippen LogP contribution < -0.4 is 14.8 Å². The van der Waals surface area contributed by atoms with Gasteiger partial charge in [-0.05, 0) is 38.2 Å². The number of halogens is 2. The molecule has 1 N–H and O–H groups in total. The van der Waals surface area contributed by atoms with Crippen LogP contribution in [0.2, 0.25) is 0 Å². The number of aromatic nitrogens is 1. The van der Waals surface area contributed by atoms with Crippen molar-refractivity contribution in [2.45, 2.75) is 20.3 Å². The zero-order valence-electron chi connectivity index (χ0n) is 15.4. The van der Waals surface area contributed by atoms with E-state index in [2.05, 4.69) is 29.0 Å². The number of methoxy groups -OCH3 is 2. The fourth-order valence-corrected chi connectivity index (χ4v) is 2.62. The first-order chi connectivity index (χ1) is 11.2. The van der Waals surface area contributed by atoms with Crippen LogP contribution in [-0.4, -0.2) is 50.3 Å². The quantitative estimate of drug-likeness (QED) is 0.351. The first kappa shape index (κ1) is 24.5. The van der Waals surface area contributed by atoms with E-state index in [1.54, 1.807) is 14.2 Å². The second-order valence-corrected chi connectivity index (χ2v) is 5.41. The molecule has 0 aliphatic rings. The van der Waals surface area contributed by atoms with Gasteiger partial charge < -0.3 is 19.7 Å². The van der Waals surface area contributed by atoms with Gasteiger partial charge in [0.25, 0.3) is 0 Å². The molecule has 142 valence electrons. The number of nitrogens with zero attached hydrogens (tertiary/aromatic N) is 2. The van der Waals surface area contributed by atoms with E-state index in [0.29, 0.717) is 5.88 Å². The zero-order valence-corrected chi connectivity index (χ0v) is 20.0. The van der Waals surface area contributed by atoms with Crippen molar-refractivity contribution < 1.29 is 9.47 Å². The van der Waals surface area contributed by atoms with Crippen molar-refractivity contribution in [3.8, 4) is 11.6 Å². The van der Waals surface area contributed by atoms with Crippen molar-refractivity contribution >= 4 is 64.5 Å². The van der Waals surface area contributed by atoms with Crippen molar-refractivity contribution in [2.75, 3.05) is 45.7 Å². The van der Waals surface area contributed by atoms with E-state index in [1.807, 2.05) is 24.3 Å². The van der Waals surface area contributed by atoms with Gasteiger partial charge in [-0.15, -0.1) is 48.0 Å². The van der Waals surface area contributed by atoms with Gasteiger partial charge in [-0.2, -0.15) is 0 Å². The molecule has 7 heteroatoms. The predicted molar refractivity (Wildman–Crippen MR) is 127 cm³/mol. The smallest absolute Gasteiger partial charge is 0.213 e. The van der Waals surface area contributed by atoms with Crippen LogP contribution in [0.4, 0.5) is 5.69 Å². The minimum Gasteiger partial charge on any atom is -0.497 e. The summed E-state index contributed by atoms with van der Waals surface area (Å²) in [6.07, 6.45) is 1.09. The summed E-state index contributed by atoms with van der Waals surface area (Å²) in [7, 11) is 3.32. The van der Waals surface area contributed by atoms with Crippen molar-refractivity contribution in [3.63, 3.8) is 0 Å². The number of fused-ring (bicyclic) bond motifs is 1. The molecule has 1 aromatic carbocycles. The summed E-state index contributed by atoms with van der Waals surface area (Å²) in [6, 6.07) is 7.85. The molecule has 0 saturated heterocycles. The summed E-state index contributed by atoms with van der Waals surface area (Å²) >= 11 is 0. The van der Waals surface area contributed by atoms with Crippen molar-refractivity contribution in [3.05, 3.63) is 24.3 Å². The zero-order chi connectivity index (χ0) is 16.7. The summed E-state index contributed by atoms with van der Waals surface area (Å²) in [6.45, 7) is 8.58. The maximum absolute atomic E-state index is 5.39. The number of hydrogen-bond donors (Lipinski definition) is 1. The third-order valence-corrected chi connectivity index (χ3v) is 4.05. The maximum atomic E-state index is 5.39. The van der Waals surface area contributed by atoms with Gasteiger partial charge in [-0.3, -0.25) is 0 Å². The van der Waals surface area contributed by atoms with E-state index >= 15 is 0 Å². The van der Waals surface area contributed by atoms with Crippen LogP contribution in [0.1, 0.15) is 20.3 Å². The molecule has 1 heterocycles. The summed E-state index contributed by atoms with van der Waals surface area (Å²) in [5.74, 6) is 1.45. The van der Waals surface area contributed by atoms with Gasteiger partial charge in [0.05, 0.1) is 25.4 Å². The molecule has 2 aromatic rings. The minimum atomic E-state index is 0. The van der Waals surface area contributed by atoms with Gasteiger partial charge in [-0.1, -0.05) is 13.8 Å². The Bertz CT molecular complexity index is 637. The molecule has 5 nitrogen and oxygen atoms in total. The van der Waals surface area contributed by atoms with Crippen molar-refractivity contribution in [1.29, 1.82) is 0 Å². The van der Waals surface area contributed by atoms with Crippen LogP contribution in [0.25, 0.3) is 10.9 Å². The fourth-order valence-electron chi connectivity index (χ4n) is 2.62. The molecule has 25 heavy (non-hydrogen) atoms. The molecule has 0 bridgehead atoms. The maximum Gasteiger partial charge on any atom is 0.213 e. The molecule has 2 rings (SSSR count). The number of nitrogens with one attached hydrogen (secondary N) is 1. The summed E-state index contributed by atoms with van der Waals surface area (Å²) < 4.78 is 10.6. The number of hydrogen-bond acceptors (Lipinski definition) is 5. The van der Waals surface area contributed by atoms with Gasteiger partial charge >= 0.3 is 0 Å². The Morgan fingerprint density at radius 2 is 1.76 bits per heavy atom. The molecule has 1 aromatic heterocycles. The van der Waals surface area contributed by atoms with Crippen LogP contribution in [0.5, 0.6) is 11.6 Å². The lowest BCUT2D eigenvalue weighted by Gasteiger charge is -2.18. The normalized spacial score (nSPS) is 10.1.